The van der Waals surface area contributed by atoms with Crippen molar-refractivity contribution >= 4 is 28.6 Å². The summed E-state index contributed by atoms with van der Waals surface area (Å²) in [5, 5.41) is 1.33. The number of methoxy groups -OCH3 is 1. The summed E-state index contributed by atoms with van der Waals surface area (Å²) in [6, 6.07) is 10.9. The Labute approximate surface area is 147 Å². The Bertz CT molecular complexity index is 1000. The molecule has 1 saturated carbocycles. The van der Waals surface area contributed by atoms with Gasteiger partial charge in [-0.3, -0.25) is 9.36 Å². The van der Waals surface area contributed by atoms with E-state index in [0.29, 0.717) is 27.6 Å². The molecule has 2 aromatic heterocycles. The van der Waals surface area contributed by atoms with Crippen molar-refractivity contribution < 1.29 is 13.9 Å². The third kappa shape index (κ3) is 3.07. The van der Waals surface area contributed by atoms with Crippen LogP contribution < -0.4 is 5.56 Å². The Hall–Kier alpha value is -2.54. The van der Waals surface area contributed by atoms with Crippen LogP contribution in [0.2, 0.25) is 0 Å². The number of rotatable bonds is 5. The number of nitrogens with zero attached hydrogens (tertiary/aromatic N) is 2. The Morgan fingerprint density at radius 3 is 2.88 bits per heavy atom. The molecule has 0 amide bonds. The highest BCUT2D eigenvalue weighted by Gasteiger charge is 2.28. The summed E-state index contributed by atoms with van der Waals surface area (Å²) in [4.78, 5) is 28.9. The van der Waals surface area contributed by atoms with E-state index >= 15 is 0 Å². The van der Waals surface area contributed by atoms with E-state index in [1.165, 1.54) is 18.9 Å². The Kier molecular flexibility index (Phi) is 4.09. The fourth-order valence-electron chi connectivity index (χ4n) is 2.68. The number of hydrogen-bond donors (Lipinski definition) is 0. The van der Waals surface area contributed by atoms with E-state index in [4.69, 9.17) is 4.42 Å². The lowest BCUT2D eigenvalue weighted by Gasteiger charge is -2.11. The van der Waals surface area contributed by atoms with E-state index in [9.17, 15) is 9.59 Å². The number of carbonyl (C=O) groups is 1. The molecule has 0 bridgehead atoms. The van der Waals surface area contributed by atoms with Gasteiger partial charge in [-0.05, 0) is 37.1 Å². The molecule has 7 heteroatoms. The number of furan rings is 1. The first-order valence-electron chi connectivity index (χ1n) is 7.98. The number of aromatic nitrogens is 2. The Morgan fingerprint density at radius 2 is 2.12 bits per heavy atom. The number of hydrogen-bond acceptors (Lipinski definition) is 6. The van der Waals surface area contributed by atoms with Gasteiger partial charge in [0.1, 0.15) is 5.76 Å². The lowest BCUT2D eigenvalue weighted by molar-refractivity contribution is 0.0563. The van der Waals surface area contributed by atoms with Gasteiger partial charge in [0, 0.05) is 6.04 Å². The molecule has 0 aliphatic heterocycles. The van der Waals surface area contributed by atoms with E-state index in [0.717, 1.165) is 12.8 Å². The molecular weight excluding hydrogens is 340 g/mol. The average molecular weight is 356 g/mol. The maximum atomic E-state index is 12.8. The summed E-state index contributed by atoms with van der Waals surface area (Å²) >= 11 is 1.44. The van der Waals surface area contributed by atoms with Gasteiger partial charge in [-0.15, -0.1) is 0 Å². The lowest BCUT2D eigenvalue weighted by atomic mass is 10.2. The van der Waals surface area contributed by atoms with Crippen LogP contribution in [0, 0.1) is 0 Å². The summed E-state index contributed by atoms with van der Waals surface area (Å²) in [6.45, 7) is 0. The van der Waals surface area contributed by atoms with Crippen LogP contribution in [0.15, 0.2) is 50.8 Å². The van der Waals surface area contributed by atoms with Gasteiger partial charge in [0.25, 0.3) is 5.56 Å². The molecule has 0 spiro atoms. The van der Waals surface area contributed by atoms with Crippen LogP contribution in [-0.4, -0.2) is 22.6 Å². The number of esters is 1. The van der Waals surface area contributed by atoms with Gasteiger partial charge >= 0.3 is 5.97 Å². The summed E-state index contributed by atoms with van der Waals surface area (Å²) < 4.78 is 11.9. The maximum Gasteiger partial charge on any atom is 0.373 e. The first-order chi connectivity index (χ1) is 12.2. The molecule has 4 rings (SSSR count). The molecule has 1 aliphatic carbocycles. The number of thioether (sulfide) groups is 1. The van der Waals surface area contributed by atoms with E-state index in [1.807, 2.05) is 24.3 Å². The van der Waals surface area contributed by atoms with E-state index in [-0.39, 0.29) is 17.4 Å². The average Bonchev–Trinajstić information content (AvgIpc) is 3.36. The molecule has 1 aliphatic rings. The molecule has 25 heavy (non-hydrogen) atoms. The van der Waals surface area contributed by atoms with Crippen LogP contribution in [0.3, 0.4) is 0 Å². The highest BCUT2D eigenvalue weighted by atomic mass is 32.2. The first kappa shape index (κ1) is 16.0. The molecule has 0 N–H and O–H groups in total. The second-order valence-electron chi connectivity index (χ2n) is 5.86. The molecule has 1 fully saturated rings. The van der Waals surface area contributed by atoms with Gasteiger partial charge in [-0.1, -0.05) is 23.9 Å². The molecule has 0 atom stereocenters. The van der Waals surface area contributed by atoms with Crippen molar-refractivity contribution in [2.75, 3.05) is 7.11 Å². The number of carbonyl (C=O) groups excluding carboxylic acids is 1. The molecule has 0 unspecified atom stereocenters. The van der Waals surface area contributed by atoms with Crippen molar-refractivity contribution in [1.82, 2.24) is 9.55 Å². The van der Waals surface area contributed by atoms with Gasteiger partial charge in [0.2, 0.25) is 5.76 Å². The van der Waals surface area contributed by atoms with Gasteiger partial charge in [0.15, 0.2) is 5.16 Å². The van der Waals surface area contributed by atoms with Crippen molar-refractivity contribution in [3.63, 3.8) is 0 Å². The minimum Gasteiger partial charge on any atom is -0.463 e. The molecule has 128 valence electrons. The van der Waals surface area contributed by atoms with Gasteiger partial charge in [0.05, 0.1) is 23.8 Å². The van der Waals surface area contributed by atoms with Crippen molar-refractivity contribution in [3.05, 3.63) is 58.3 Å². The molecule has 3 aromatic rings. The van der Waals surface area contributed by atoms with Crippen LogP contribution in [0.4, 0.5) is 0 Å². The Balaban J connectivity index is 1.65. The zero-order valence-electron chi connectivity index (χ0n) is 13.6. The summed E-state index contributed by atoms with van der Waals surface area (Å²) in [5.41, 5.74) is 0.701. The third-order valence-corrected chi connectivity index (χ3v) is 5.05. The number of para-hydroxylation sites is 1. The van der Waals surface area contributed by atoms with Crippen LogP contribution in [0.25, 0.3) is 10.9 Å². The van der Waals surface area contributed by atoms with Crippen LogP contribution in [0.1, 0.15) is 35.2 Å². The third-order valence-electron chi connectivity index (χ3n) is 4.08. The summed E-state index contributed by atoms with van der Waals surface area (Å²) in [6.07, 6.45) is 2.00. The van der Waals surface area contributed by atoms with Crippen molar-refractivity contribution in [1.29, 1.82) is 0 Å². The molecule has 6 nitrogen and oxygen atoms in total. The van der Waals surface area contributed by atoms with E-state index in [2.05, 4.69) is 9.72 Å². The Morgan fingerprint density at radius 1 is 1.32 bits per heavy atom. The molecule has 1 aromatic carbocycles. The van der Waals surface area contributed by atoms with Gasteiger partial charge in [-0.25, -0.2) is 9.78 Å². The minimum atomic E-state index is -0.505. The highest BCUT2D eigenvalue weighted by Crippen LogP contribution is 2.37. The molecule has 0 radical (unpaired) electrons. The van der Waals surface area contributed by atoms with Crippen LogP contribution in [-0.2, 0) is 10.5 Å². The predicted octanol–water partition coefficient (Wildman–Crippen LogP) is 3.40. The standard InChI is InChI=1S/C18H16N2O4S/c1-23-17(22)15-9-8-12(24-15)10-25-18-19-14-5-3-2-4-13(14)16(21)20(18)11-6-7-11/h2-5,8-9,11H,6-7,10H2,1H3. The monoisotopic (exact) mass is 356 g/mol. The smallest absolute Gasteiger partial charge is 0.373 e. The quantitative estimate of drug-likeness (QED) is 0.396. The van der Waals surface area contributed by atoms with Crippen molar-refractivity contribution in [2.24, 2.45) is 0 Å². The zero-order valence-corrected chi connectivity index (χ0v) is 14.4. The first-order valence-corrected chi connectivity index (χ1v) is 8.97. The van der Waals surface area contributed by atoms with Crippen molar-refractivity contribution in [2.45, 2.75) is 29.8 Å². The number of benzene rings is 1. The zero-order chi connectivity index (χ0) is 17.4. The maximum absolute atomic E-state index is 12.8. The molecule has 2 heterocycles. The van der Waals surface area contributed by atoms with E-state index < -0.39 is 5.97 Å². The second kappa shape index (κ2) is 6.40. The topological polar surface area (TPSA) is 74.3 Å². The number of fused-ring (bicyclic) bond motifs is 1. The normalized spacial score (nSPS) is 14.0. The van der Waals surface area contributed by atoms with Crippen molar-refractivity contribution in [3.8, 4) is 0 Å². The van der Waals surface area contributed by atoms with E-state index in [1.54, 1.807) is 16.7 Å². The van der Waals surface area contributed by atoms with Gasteiger partial charge in [-0.2, -0.15) is 0 Å². The molecular formula is C18H16N2O4S. The summed E-state index contributed by atoms with van der Waals surface area (Å²) in [7, 11) is 1.31. The number of ether oxygens (including phenoxy) is 1. The highest BCUT2D eigenvalue weighted by molar-refractivity contribution is 7.98. The fraction of sp³-hybridized carbons (Fsp3) is 0.278. The largest absolute Gasteiger partial charge is 0.463 e. The van der Waals surface area contributed by atoms with Crippen LogP contribution >= 0.6 is 11.8 Å². The second-order valence-corrected chi connectivity index (χ2v) is 6.81. The molecule has 0 saturated heterocycles. The summed E-state index contributed by atoms with van der Waals surface area (Å²) in [5.74, 6) is 0.781. The van der Waals surface area contributed by atoms with Gasteiger partial charge < -0.3 is 9.15 Å². The fourth-order valence-corrected chi connectivity index (χ4v) is 3.64. The van der Waals surface area contributed by atoms with Crippen LogP contribution in [0.5, 0.6) is 0 Å². The lowest BCUT2D eigenvalue weighted by Crippen LogP contribution is -2.22. The predicted molar refractivity (Wildman–Crippen MR) is 93.9 cm³/mol. The minimum absolute atomic E-state index is 0.00490. The SMILES string of the molecule is COC(=O)c1ccc(CSc2nc3ccccc3c(=O)n2C2CC2)o1.